The number of carbonyl (C=O) groups excluding carboxylic acids is 1. The molecular formula is C15H26N2O3. The zero-order chi connectivity index (χ0) is 14.5. The minimum absolute atomic E-state index is 0.104. The molecule has 2 rings (SSSR count). The van der Waals surface area contributed by atoms with Crippen LogP contribution in [0.4, 0.5) is 0 Å². The van der Waals surface area contributed by atoms with Gasteiger partial charge in [0, 0.05) is 25.6 Å². The number of hydrogen-bond donors (Lipinski definition) is 1. The van der Waals surface area contributed by atoms with E-state index in [0.29, 0.717) is 6.42 Å². The van der Waals surface area contributed by atoms with E-state index in [1.807, 2.05) is 11.8 Å². The van der Waals surface area contributed by atoms with Crippen LogP contribution in [0.1, 0.15) is 51.9 Å². The lowest BCUT2D eigenvalue weighted by Gasteiger charge is -2.40. The first kappa shape index (κ1) is 15.3. The number of nitrogens with zero attached hydrogens (tertiary/aromatic N) is 2. The van der Waals surface area contributed by atoms with Crippen LogP contribution >= 0.6 is 0 Å². The van der Waals surface area contributed by atoms with Crippen LogP contribution < -0.4 is 0 Å². The number of likely N-dealkylation sites (tertiary alicyclic amines) is 2. The lowest BCUT2D eigenvalue weighted by molar-refractivity contribution is -0.138. The third-order valence-electron chi connectivity index (χ3n) is 4.64. The Bertz CT molecular complexity index is 353. The molecule has 2 aliphatic heterocycles. The first-order chi connectivity index (χ1) is 9.59. The smallest absolute Gasteiger partial charge is 0.303 e. The summed E-state index contributed by atoms with van der Waals surface area (Å²) in [6, 6.07) is 0.147. The molecule has 0 aromatic heterocycles. The van der Waals surface area contributed by atoms with Crippen molar-refractivity contribution in [2.45, 2.75) is 64.0 Å². The van der Waals surface area contributed by atoms with E-state index < -0.39 is 5.97 Å². The number of aliphatic carboxylic acids is 1. The monoisotopic (exact) mass is 282 g/mol. The van der Waals surface area contributed by atoms with Gasteiger partial charge in [0.1, 0.15) is 0 Å². The highest BCUT2D eigenvalue weighted by Crippen LogP contribution is 2.24. The Morgan fingerprint density at radius 2 is 1.80 bits per heavy atom. The molecule has 2 unspecified atom stereocenters. The standard InChI is InChI=1S/C15H26N2O3/c1-12(15(20)16-9-4-5-10-16)17-11-3-2-6-13(17)7-8-14(18)19/h12-13H,2-11H2,1H3,(H,18,19). The third kappa shape index (κ3) is 3.72. The summed E-state index contributed by atoms with van der Waals surface area (Å²) in [5.41, 5.74) is 0. The van der Waals surface area contributed by atoms with Crippen molar-refractivity contribution in [3.8, 4) is 0 Å². The minimum atomic E-state index is -0.742. The third-order valence-corrected chi connectivity index (χ3v) is 4.64. The molecular weight excluding hydrogens is 256 g/mol. The van der Waals surface area contributed by atoms with Gasteiger partial charge < -0.3 is 10.0 Å². The SMILES string of the molecule is CC(C(=O)N1CCCC1)N1CCCCC1CCC(=O)O. The maximum absolute atomic E-state index is 12.5. The summed E-state index contributed by atoms with van der Waals surface area (Å²) >= 11 is 0. The highest BCUT2D eigenvalue weighted by molar-refractivity contribution is 5.81. The van der Waals surface area contributed by atoms with Gasteiger partial charge in [-0.1, -0.05) is 6.42 Å². The van der Waals surface area contributed by atoms with Crippen molar-refractivity contribution >= 4 is 11.9 Å². The molecule has 1 N–H and O–H groups in total. The van der Waals surface area contributed by atoms with Gasteiger partial charge in [-0.3, -0.25) is 14.5 Å². The van der Waals surface area contributed by atoms with Crippen molar-refractivity contribution in [2.75, 3.05) is 19.6 Å². The zero-order valence-electron chi connectivity index (χ0n) is 12.4. The predicted molar refractivity (Wildman–Crippen MR) is 76.5 cm³/mol. The van der Waals surface area contributed by atoms with Gasteiger partial charge in [-0.25, -0.2) is 0 Å². The summed E-state index contributed by atoms with van der Waals surface area (Å²) in [4.78, 5) is 27.5. The normalized spacial score (nSPS) is 25.6. The quantitative estimate of drug-likeness (QED) is 0.834. The van der Waals surface area contributed by atoms with Crippen LogP contribution in [-0.2, 0) is 9.59 Å². The minimum Gasteiger partial charge on any atom is -0.481 e. The molecule has 1 amide bonds. The molecule has 2 heterocycles. The molecule has 2 saturated heterocycles. The Hall–Kier alpha value is -1.10. The highest BCUT2D eigenvalue weighted by atomic mass is 16.4. The van der Waals surface area contributed by atoms with Gasteiger partial charge in [0.05, 0.1) is 6.04 Å². The molecule has 2 fully saturated rings. The van der Waals surface area contributed by atoms with E-state index in [9.17, 15) is 9.59 Å². The van der Waals surface area contributed by atoms with Crippen molar-refractivity contribution in [3.63, 3.8) is 0 Å². The molecule has 0 bridgehead atoms. The van der Waals surface area contributed by atoms with Crippen LogP contribution in [0.2, 0.25) is 0 Å². The first-order valence-corrected chi connectivity index (χ1v) is 7.86. The Balaban J connectivity index is 1.95. The average Bonchev–Trinajstić information content (AvgIpc) is 2.98. The van der Waals surface area contributed by atoms with E-state index in [1.165, 1.54) is 0 Å². The van der Waals surface area contributed by atoms with Gasteiger partial charge in [0.25, 0.3) is 0 Å². The van der Waals surface area contributed by atoms with Crippen molar-refractivity contribution in [3.05, 3.63) is 0 Å². The molecule has 0 radical (unpaired) electrons. The number of carboxylic acids is 1. The Morgan fingerprint density at radius 3 is 2.45 bits per heavy atom. The maximum Gasteiger partial charge on any atom is 0.303 e. The molecule has 20 heavy (non-hydrogen) atoms. The molecule has 0 aromatic carbocycles. The Kier molecular flexibility index (Phi) is 5.40. The molecule has 5 heteroatoms. The Morgan fingerprint density at radius 1 is 1.15 bits per heavy atom. The fourth-order valence-corrected chi connectivity index (χ4v) is 3.48. The number of amides is 1. The van der Waals surface area contributed by atoms with Gasteiger partial charge in [0.2, 0.25) is 5.91 Å². The highest BCUT2D eigenvalue weighted by Gasteiger charge is 2.33. The van der Waals surface area contributed by atoms with Crippen molar-refractivity contribution in [2.24, 2.45) is 0 Å². The zero-order valence-corrected chi connectivity index (χ0v) is 12.4. The van der Waals surface area contributed by atoms with Crippen LogP contribution in [0.25, 0.3) is 0 Å². The van der Waals surface area contributed by atoms with Crippen LogP contribution in [0.3, 0.4) is 0 Å². The summed E-state index contributed by atoms with van der Waals surface area (Å²) < 4.78 is 0. The molecule has 0 aromatic rings. The van der Waals surface area contributed by atoms with E-state index in [4.69, 9.17) is 5.11 Å². The number of carbonyl (C=O) groups is 2. The van der Waals surface area contributed by atoms with Crippen LogP contribution in [-0.4, -0.2) is 58.5 Å². The summed E-state index contributed by atoms with van der Waals surface area (Å²) in [5.74, 6) is -0.515. The summed E-state index contributed by atoms with van der Waals surface area (Å²) in [6.45, 7) is 4.68. The fraction of sp³-hybridized carbons (Fsp3) is 0.867. The number of hydrogen-bond acceptors (Lipinski definition) is 3. The summed E-state index contributed by atoms with van der Waals surface area (Å²) in [6.07, 6.45) is 6.36. The predicted octanol–water partition coefficient (Wildman–Crippen LogP) is 1.72. The van der Waals surface area contributed by atoms with Gasteiger partial charge in [-0.05, 0) is 45.6 Å². The molecule has 0 saturated carbocycles. The summed E-state index contributed by atoms with van der Waals surface area (Å²) in [7, 11) is 0. The molecule has 114 valence electrons. The average molecular weight is 282 g/mol. The second-order valence-electron chi connectivity index (χ2n) is 6.03. The van der Waals surface area contributed by atoms with Gasteiger partial charge in [0.15, 0.2) is 0 Å². The lowest BCUT2D eigenvalue weighted by atomic mass is 9.96. The topological polar surface area (TPSA) is 60.9 Å². The first-order valence-electron chi connectivity index (χ1n) is 7.86. The van der Waals surface area contributed by atoms with Crippen LogP contribution in [0, 0.1) is 0 Å². The largest absolute Gasteiger partial charge is 0.481 e. The molecule has 2 atom stereocenters. The van der Waals surface area contributed by atoms with E-state index >= 15 is 0 Å². The van der Waals surface area contributed by atoms with Crippen molar-refractivity contribution < 1.29 is 14.7 Å². The lowest BCUT2D eigenvalue weighted by Crippen LogP contribution is -2.52. The number of carboxylic acid groups (broad SMARTS) is 1. The molecule has 0 spiro atoms. The Labute approximate surface area is 120 Å². The number of rotatable bonds is 5. The van der Waals surface area contributed by atoms with E-state index in [1.54, 1.807) is 0 Å². The molecule has 5 nitrogen and oxygen atoms in total. The van der Waals surface area contributed by atoms with E-state index in [2.05, 4.69) is 4.90 Å². The van der Waals surface area contributed by atoms with Crippen LogP contribution in [0.5, 0.6) is 0 Å². The fourth-order valence-electron chi connectivity index (χ4n) is 3.48. The van der Waals surface area contributed by atoms with Crippen molar-refractivity contribution in [1.82, 2.24) is 9.80 Å². The van der Waals surface area contributed by atoms with E-state index in [0.717, 1.165) is 51.7 Å². The molecule has 2 aliphatic rings. The van der Waals surface area contributed by atoms with Gasteiger partial charge >= 0.3 is 5.97 Å². The number of piperidine rings is 1. The van der Waals surface area contributed by atoms with Gasteiger partial charge in [-0.2, -0.15) is 0 Å². The van der Waals surface area contributed by atoms with Crippen LogP contribution in [0.15, 0.2) is 0 Å². The van der Waals surface area contributed by atoms with E-state index in [-0.39, 0.29) is 24.4 Å². The molecule has 0 aliphatic carbocycles. The summed E-state index contributed by atoms with van der Waals surface area (Å²) in [5, 5.41) is 8.86. The second kappa shape index (κ2) is 7.07. The van der Waals surface area contributed by atoms with Crippen molar-refractivity contribution in [1.29, 1.82) is 0 Å². The van der Waals surface area contributed by atoms with Gasteiger partial charge in [-0.15, -0.1) is 0 Å². The second-order valence-corrected chi connectivity index (χ2v) is 6.03. The maximum atomic E-state index is 12.5.